The Bertz CT molecular complexity index is 307. The molecule has 1 rings (SSSR count). The normalized spacial score (nSPS) is 10.6. The number of rotatable bonds is 6. The molecule has 4 heteroatoms. The van der Waals surface area contributed by atoms with Crippen LogP contribution in [0.25, 0.3) is 0 Å². The number of halogens is 2. The van der Waals surface area contributed by atoms with Crippen molar-refractivity contribution in [2.45, 2.75) is 13.0 Å². The average molecular weight is 293 g/mol. The first-order valence-corrected chi connectivity index (χ1v) is 6.04. The minimum absolute atomic E-state index is 0.770. The molecule has 0 heterocycles. The van der Waals surface area contributed by atoms with Gasteiger partial charge in [0.15, 0.2) is 0 Å². The van der Waals surface area contributed by atoms with Crippen LogP contribution in [0.15, 0.2) is 22.7 Å². The summed E-state index contributed by atoms with van der Waals surface area (Å²) in [5, 5.41) is 4.11. The molecule has 0 aliphatic rings. The summed E-state index contributed by atoms with van der Waals surface area (Å²) in [4.78, 5) is 0. The maximum atomic E-state index is 5.91. The third kappa shape index (κ3) is 4.98. The summed E-state index contributed by atoms with van der Waals surface area (Å²) < 4.78 is 6.06. The van der Waals surface area contributed by atoms with Crippen LogP contribution in [0.5, 0.6) is 0 Å². The molecule has 1 aromatic rings. The van der Waals surface area contributed by atoms with Crippen LogP contribution in [0.4, 0.5) is 0 Å². The van der Waals surface area contributed by atoms with Crippen molar-refractivity contribution in [1.29, 1.82) is 0 Å². The Morgan fingerprint density at radius 2 is 2.27 bits per heavy atom. The third-order valence-electron chi connectivity index (χ3n) is 2.03. The van der Waals surface area contributed by atoms with Gasteiger partial charge in [0.25, 0.3) is 0 Å². The fourth-order valence-corrected chi connectivity index (χ4v) is 1.82. The van der Waals surface area contributed by atoms with E-state index in [-0.39, 0.29) is 0 Å². The van der Waals surface area contributed by atoms with Gasteiger partial charge in [0.05, 0.1) is 0 Å². The van der Waals surface area contributed by atoms with Crippen LogP contribution in [-0.4, -0.2) is 20.3 Å². The fourth-order valence-electron chi connectivity index (χ4n) is 1.24. The Labute approximate surface area is 104 Å². The van der Waals surface area contributed by atoms with E-state index in [4.69, 9.17) is 16.3 Å². The van der Waals surface area contributed by atoms with Gasteiger partial charge in [-0.3, -0.25) is 0 Å². The SMILES string of the molecule is COCCCNCc1cc(Cl)ccc1Br. The highest BCUT2D eigenvalue weighted by Gasteiger charge is 1.99. The summed E-state index contributed by atoms with van der Waals surface area (Å²) in [5.41, 5.74) is 1.18. The molecule has 0 aliphatic heterocycles. The summed E-state index contributed by atoms with van der Waals surface area (Å²) in [6.45, 7) is 2.57. The molecule has 2 nitrogen and oxygen atoms in total. The quantitative estimate of drug-likeness (QED) is 0.813. The van der Waals surface area contributed by atoms with Gasteiger partial charge in [-0.15, -0.1) is 0 Å². The maximum absolute atomic E-state index is 5.91. The average Bonchev–Trinajstić information content (AvgIpc) is 2.23. The molecule has 0 aliphatic carbocycles. The van der Waals surface area contributed by atoms with Crippen molar-refractivity contribution >= 4 is 27.5 Å². The number of ether oxygens (including phenoxy) is 1. The molecular formula is C11H15BrClNO. The topological polar surface area (TPSA) is 21.3 Å². The van der Waals surface area contributed by atoms with Gasteiger partial charge in [-0.05, 0) is 36.7 Å². The molecule has 1 aromatic carbocycles. The van der Waals surface area contributed by atoms with Gasteiger partial charge in [-0.2, -0.15) is 0 Å². The summed E-state index contributed by atoms with van der Waals surface area (Å²) >= 11 is 9.40. The molecule has 0 spiro atoms. The molecule has 1 N–H and O–H groups in total. The van der Waals surface area contributed by atoms with Crippen molar-refractivity contribution in [3.8, 4) is 0 Å². The second-order valence-corrected chi connectivity index (χ2v) is 4.55. The molecule has 0 radical (unpaired) electrons. The van der Waals surface area contributed by atoms with Crippen molar-refractivity contribution in [3.63, 3.8) is 0 Å². The van der Waals surface area contributed by atoms with Gasteiger partial charge < -0.3 is 10.1 Å². The van der Waals surface area contributed by atoms with Crippen molar-refractivity contribution in [2.75, 3.05) is 20.3 Å². The van der Waals surface area contributed by atoms with Crippen LogP contribution in [-0.2, 0) is 11.3 Å². The van der Waals surface area contributed by atoms with Crippen LogP contribution in [0, 0.1) is 0 Å². The third-order valence-corrected chi connectivity index (χ3v) is 3.03. The molecule has 0 atom stereocenters. The van der Waals surface area contributed by atoms with E-state index in [1.54, 1.807) is 7.11 Å². The smallest absolute Gasteiger partial charge is 0.0474 e. The zero-order valence-electron chi connectivity index (χ0n) is 8.72. The molecule has 0 fully saturated rings. The Hall–Kier alpha value is -0.0900. The van der Waals surface area contributed by atoms with Gasteiger partial charge in [0, 0.05) is 29.8 Å². The standard InChI is InChI=1S/C11H15BrClNO/c1-15-6-2-5-14-8-9-7-10(13)3-4-11(9)12/h3-4,7,14H,2,5-6,8H2,1H3. The molecule has 0 aromatic heterocycles. The van der Waals surface area contributed by atoms with E-state index in [1.165, 1.54) is 5.56 Å². The fraction of sp³-hybridized carbons (Fsp3) is 0.455. The largest absolute Gasteiger partial charge is 0.385 e. The Balaban J connectivity index is 2.33. The number of hydrogen-bond donors (Lipinski definition) is 1. The van der Waals surface area contributed by atoms with E-state index < -0.39 is 0 Å². The highest BCUT2D eigenvalue weighted by Crippen LogP contribution is 2.20. The number of hydrogen-bond acceptors (Lipinski definition) is 2. The first-order valence-electron chi connectivity index (χ1n) is 4.87. The van der Waals surface area contributed by atoms with E-state index in [2.05, 4.69) is 21.2 Å². The van der Waals surface area contributed by atoms with Gasteiger partial charge in [-0.1, -0.05) is 27.5 Å². The minimum Gasteiger partial charge on any atom is -0.385 e. The lowest BCUT2D eigenvalue weighted by Gasteiger charge is -2.07. The molecule has 0 amide bonds. The zero-order chi connectivity index (χ0) is 11.1. The Morgan fingerprint density at radius 3 is 3.00 bits per heavy atom. The molecule has 15 heavy (non-hydrogen) atoms. The van der Waals surface area contributed by atoms with Gasteiger partial charge in [-0.25, -0.2) is 0 Å². The van der Waals surface area contributed by atoms with E-state index in [0.29, 0.717) is 0 Å². The minimum atomic E-state index is 0.770. The lowest BCUT2D eigenvalue weighted by molar-refractivity contribution is 0.194. The van der Waals surface area contributed by atoms with Crippen LogP contribution in [0.3, 0.4) is 0 Å². The molecule has 0 bridgehead atoms. The summed E-state index contributed by atoms with van der Waals surface area (Å²) in [5.74, 6) is 0. The molecule has 0 saturated heterocycles. The van der Waals surface area contributed by atoms with Crippen LogP contribution >= 0.6 is 27.5 Å². The zero-order valence-corrected chi connectivity index (χ0v) is 11.1. The van der Waals surface area contributed by atoms with Crippen LogP contribution < -0.4 is 5.32 Å². The monoisotopic (exact) mass is 291 g/mol. The second kappa shape index (κ2) is 7.23. The number of nitrogens with one attached hydrogen (secondary N) is 1. The Morgan fingerprint density at radius 1 is 1.47 bits per heavy atom. The summed E-state index contributed by atoms with van der Waals surface area (Å²) in [6.07, 6.45) is 1.02. The van der Waals surface area contributed by atoms with Crippen LogP contribution in [0.2, 0.25) is 5.02 Å². The van der Waals surface area contributed by atoms with E-state index >= 15 is 0 Å². The Kier molecular flexibility index (Phi) is 6.25. The van der Waals surface area contributed by atoms with Crippen molar-refractivity contribution in [1.82, 2.24) is 5.32 Å². The van der Waals surface area contributed by atoms with Gasteiger partial charge >= 0.3 is 0 Å². The summed E-state index contributed by atoms with van der Waals surface area (Å²) in [7, 11) is 1.72. The van der Waals surface area contributed by atoms with Crippen molar-refractivity contribution in [3.05, 3.63) is 33.3 Å². The predicted molar refractivity (Wildman–Crippen MR) is 67.4 cm³/mol. The lowest BCUT2D eigenvalue weighted by Crippen LogP contribution is -2.16. The van der Waals surface area contributed by atoms with Crippen molar-refractivity contribution < 1.29 is 4.74 Å². The van der Waals surface area contributed by atoms with Gasteiger partial charge in [0.2, 0.25) is 0 Å². The first-order chi connectivity index (χ1) is 7.24. The predicted octanol–water partition coefficient (Wildman–Crippen LogP) is 3.23. The molecular weight excluding hydrogens is 277 g/mol. The van der Waals surface area contributed by atoms with E-state index in [9.17, 15) is 0 Å². The molecule has 84 valence electrons. The van der Waals surface area contributed by atoms with Crippen molar-refractivity contribution in [2.24, 2.45) is 0 Å². The lowest BCUT2D eigenvalue weighted by atomic mass is 10.2. The highest BCUT2D eigenvalue weighted by molar-refractivity contribution is 9.10. The molecule has 0 saturated carbocycles. The van der Waals surface area contributed by atoms with Crippen LogP contribution in [0.1, 0.15) is 12.0 Å². The maximum Gasteiger partial charge on any atom is 0.0474 e. The second-order valence-electron chi connectivity index (χ2n) is 3.26. The highest BCUT2D eigenvalue weighted by atomic mass is 79.9. The molecule has 0 unspecified atom stereocenters. The number of methoxy groups -OCH3 is 1. The van der Waals surface area contributed by atoms with E-state index in [1.807, 2.05) is 18.2 Å². The van der Waals surface area contributed by atoms with Gasteiger partial charge in [0.1, 0.15) is 0 Å². The number of benzene rings is 1. The summed E-state index contributed by atoms with van der Waals surface area (Å²) in [6, 6.07) is 5.81. The van der Waals surface area contributed by atoms with E-state index in [0.717, 1.165) is 35.6 Å². The first kappa shape index (κ1) is 13.0.